The van der Waals surface area contributed by atoms with Crippen molar-refractivity contribution in [1.29, 1.82) is 0 Å². The van der Waals surface area contributed by atoms with Crippen molar-refractivity contribution in [2.24, 2.45) is 0 Å². The SMILES string of the molecule is CC(C)(C)N([O])c1cccc([N+](=O)C(C)(C)C)c1-c1ccc(N([O-])C(C)(C)C)cc1. The predicted molar refractivity (Wildman–Crippen MR) is 123 cm³/mol. The van der Waals surface area contributed by atoms with Crippen molar-refractivity contribution >= 4 is 17.1 Å². The van der Waals surface area contributed by atoms with Gasteiger partial charge in [0.2, 0.25) is 5.54 Å². The Hall–Kier alpha value is -2.44. The number of hydroxylamine groups is 2. The average Bonchev–Trinajstić information content (AvgIpc) is 2.63. The maximum absolute atomic E-state index is 13.1. The van der Waals surface area contributed by atoms with Crippen LogP contribution in [-0.2, 0) is 5.21 Å². The van der Waals surface area contributed by atoms with E-state index in [1.807, 2.05) is 62.3 Å². The molecule has 6 nitrogen and oxygen atoms in total. The number of nitrogens with zero attached hydrogens (tertiary/aromatic N) is 3. The molecule has 2 aromatic carbocycles. The fourth-order valence-corrected chi connectivity index (χ4v) is 3.04. The van der Waals surface area contributed by atoms with E-state index in [0.29, 0.717) is 28.2 Å². The molecule has 0 fully saturated rings. The molecule has 0 aromatic heterocycles. The van der Waals surface area contributed by atoms with Crippen LogP contribution in [0.25, 0.3) is 11.1 Å². The molecule has 0 saturated heterocycles. The number of benzene rings is 2. The molecule has 0 bridgehead atoms. The van der Waals surface area contributed by atoms with Gasteiger partial charge in [-0.05, 0) is 65.3 Å². The molecule has 30 heavy (non-hydrogen) atoms. The van der Waals surface area contributed by atoms with E-state index in [4.69, 9.17) is 0 Å². The lowest BCUT2D eigenvalue weighted by Gasteiger charge is -2.43. The van der Waals surface area contributed by atoms with Gasteiger partial charge in [0.1, 0.15) is 0 Å². The molecule has 0 heterocycles. The van der Waals surface area contributed by atoms with E-state index in [9.17, 15) is 15.3 Å². The summed E-state index contributed by atoms with van der Waals surface area (Å²) in [4.78, 5) is 13.1. The van der Waals surface area contributed by atoms with Crippen molar-refractivity contribution in [1.82, 2.24) is 0 Å². The number of rotatable bonds is 4. The lowest BCUT2D eigenvalue weighted by Crippen LogP contribution is -2.38. The molecular formula is C24H34N3O3. The zero-order chi connectivity index (χ0) is 23.1. The van der Waals surface area contributed by atoms with Crippen molar-refractivity contribution in [3.8, 4) is 11.1 Å². The van der Waals surface area contributed by atoms with Gasteiger partial charge in [-0.3, -0.25) is 0 Å². The summed E-state index contributed by atoms with van der Waals surface area (Å²) in [6, 6.07) is 12.2. The topological polar surface area (TPSA) is 69.5 Å². The molecule has 0 N–H and O–H groups in total. The summed E-state index contributed by atoms with van der Waals surface area (Å²) < 4.78 is 0.936. The van der Waals surface area contributed by atoms with Crippen molar-refractivity contribution in [2.75, 3.05) is 10.1 Å². The first-order valence-corrected chi connectivity index (χ1v) is 10.2. The standard InChI is InChI=1S/C24H34N3O3/c1-22(2,3)25(28)18-15-13-17(14-16-18)21-19(26(29)23(4,5)6)11-10-12-20(21)27(30)24(7,8)9/h10-16H,1-9H3. The third-order valence-electron chi connectivity index (χ3n) is 4.68. The fourth-order valence-electron chi connectivity index (χ4n) is 3.04. The van der Waals surface area contributed by atoms with Crippen molar-refractivity contribution < 1.29 is 9.97 Å². The van der Waals surface area contributed by atoms with E-state index < -0.39 is 16.6 Å². The van der Waals surface area contributed by atoms with Gasteiger partial charge < -0.3 is 10.3 Å². The minimum atomic E-state index is -0.680. The van der Waals surface area contributed by atoms with Crippen LogP contribution in [0.1, 0.15) is 62.3 Å². The molecule has 6 heteroatoms. The molecule has 0 atom stereocenters. The zero-order valence-corrected chi connectivity index (χ0v) is 19.6. The molecular weight excluding hydrogens is 378 g/mol. The van der Waals surface area contributed by atoms with Gasteiger partial charge in [-0.15, -0.1) is 0 Å². The van der Waals surface area contributed by atoms with E-state index >= 15 is 0 Å². The summed E-state index contributed by atoms with van der Waals surface area (Å²) >= 11 is 0. The highest BCUT2D eigenvalue weighted by atomic mass is 16.5. The summed E-state index contributed by atoms with van der Waals surface area (Å²) in [7, 11) is 0. The summed E-state index contributed by atoms with van der Waals surface area (Å²) in [6.45, 7) is 16.5. The number of anilines is 2. The Bertz CT molecular complexity index is 901. The van der Waals surface area contributed by atoms with Gasteiger partial charge in [-0.25, -0.2) is 5.06 Å². The molecule has 0 unspecified atom stereocenters. The molecule has 2 rings (SSSR count). The lowest BCUT2D eigenvalue weighted by atomic mass is 9.96. The van der Waals surface area contributed by atoms with E-state index in [2.05, 4.69) is 0 Å². The van der Waals surface area contributed by atoms with Crippen molar-refractivity contribution in [3.05, 3.63) is 52.6 Å². The van der Waals surface area contributed by atoms with Gasteiger partial charge in [0, 0.05) is 47.7 Å². The summed E-state index contributed by atoms with van der Waals surface area (Å²) in [5, 5.41) is 27.5. The van der Waals surface area contributed by atoms with Crippen LogP contribution in [-0.4, -0.2) is 21.4 Å². The molecule has 0 aliphatic heterocycles. The smallest absolute Gasteiger partial charge is 0.266 e. The molecule has 0 amide bonds. The Labute approximate surface area is 180 Å². The van der Waals surface area contributed by atoms with Gasteiger partial charge in [0.15, 0.2) is 0 Å². The molecule has 1 radical (unpaired) electrons. The summed E-state index contributed by atoms with van der Waals surface area (Å²) in [5.41, 5.74) is 0.714. The van der Waals surface area contributed by atoms with Gasteiger partial charge in [0.05, 0.1) is 16.8 Å². The minimum absolute atomic E-state index is 0.424. The van der Waals surface area contributed by atoms with E-state index in [1.165, 1.54) is 0 Å². The first kappa shape index (κ1) is 23.8. The Morgan fingerprint density at radius 3 is 1.77 bits per heavy atom. The molecule has 0 aliphatic carbocycles. The molecule has 0 aliphatic rings. The van der Waals surface area contributed by atoms with E-state index in [-0.39, 0.29) is 0 Å². The second kappa shape index (κ2) is 8.00. The highest BCUT2D eigenvalue weighted by Gasteiger charge is 2.36. The average molecular weight is 413 g/mol. The van der Waals surface area contributed by atoms with Crippen molar-refractivity contribution in [3.63, 3.8) is 0 Å². The molecule has 2 aromatic rings. The van der Waals surface area contributed by atoms with Crippen molar-refractivity contribution in [2.45, 2.75) is 78.9 Å². The van der Waals surface area contributed by atoms with Crippen LogP contribution >= 0.6 is 0 Å². The predicted octanol–water partition coefficient (Wildman–Crippen LogP) is 6.62. The molecule has 0 saturated carbocycles. The maximum atomic E-state index is 13.1. The Morgan fingerprint density at radius 2 is 1.33 bits per heavy atom. The number of hydrogen-bond acceptors (Lipinski definition) is 4. The molecule has 0 spiro atoms. The highest BCUT2D eigenvalue weighted by Crippen LogP contribution is 2.42. The first-order valence-electron chi connectivity index (χ1n) is 10.2. The van der Waals surface area contributed by atoms with Crippen LogP contribution in [0.3, 0.4) is 0 Å². The van der Waals surface area contributed by atoms with Crippen LogP contribution in [0, 0.1) is 10.1 Å². The van der Waals surface area contributed by atoms with Crippen LogP contribution < -0.4 is 10.1 Å². The Morgan fingerprint density at radius 1 is 0.800 bits per heavy atom. The van der Waals surface area contributed by atoms with Crippen LogP contribution in [0.2, 0.25) is 0 Å². The van der Waals surface area contributed by atoms with Crippen LogP contribution in [0.5, 0.6) is 0 Å². The first-order chi connectivity index (χ1) is 13.5. The van der Waals surface area contributed by atoms with Crippen LogP contribution in [0.4, 0.5) is 17.1 Å². The van der Waals surface area contributed by atoms with Gasteiger partial charge in [-0.1, -0.05) is 23.4 Å². The van der Waals surface area contributed by atoms with Crippen LogP contribution in [0.15, 0.2) is 42.5 Å². The van der Waals surface area contributed by atoms with Gasteiger partial charge in [0.25, 0.3) is 5.69 Å². The molecule has 163 valence electrons. The zero-order valence-electron chi connectivity index (χ0n) is 19.6. The Balaban J connectivity index is 2.71. The highest BCUT2D eigenvalue weighted by molar-refractivity contribution is 5.86. The third kappa shape index (κ3) is 4.99. The lowest BCUT2D eigenvalue weighted by molar-refractivity contribution is -0.539. The minimum Gasteiger partial charge on any atom is -0.758 e. The Kier molecular flexibility index (Phi) is 6.36. The van der Waals surface area contributed by atoms with E-state index in [1.54, 1.807) is 42.5 Å². The largest absolute Gasteiger partial charge is 0.758 e. The van der Waals surface area contributed by atoms with E-state index in [0.717, 1.165) is 14.9 Å². The maximum Gasteiger partial charge on any atom is 0.266 e. The summed E-state index contributed by atoms with van der Waals surface area (Å²) in [5.74, 6) is 0. The third-order valence-corrected chi connectivity index (χ3v) is 4.68. The summed E-state index contributed by atoms with van der Waals surface area (Å²) in [6.07, 6.45) is 0. The van der Waals surface area contributed by atoms with Gasteiger partial charge >= 0.3 is 0 Å². The fraction of sp³-hybridized carbons (Fsp3) is 0.500. The number of hydrogen-bond donors (Lipinski definition) is 0. The van der Waals surface area contributed by atoms with Gasteiger partial charge in [-0.2, -0.15) is 0 Å². The normalized spacial score (nSPS) is 12.6. The second-order valence-corrected chi connectivity index (χ2v) is 10.6. The second-order valence-electron chi connectivity index (χ2n) is 10.6. The quantitative estimate of drug-likeness (QED) is 0.418. The monoisotopic (exact) mass is 412 g/mol. The number of nitroso groups, excluding NO2 is 1.